The monoisotopic (exact) mass is 475 g/mol. The molecular weight excluding hydrogens is 450 g/mol. The average Bonchev–Trinajstić information content (AvgIpc) is 3.38. The predicted molar refractivity (Wildman–Crippen MR) is 134 cm³/mol. The molecule has 4 bridgehead atoms. The van der Waals surface area contributed by atoms with Gasteiger partial charge >= 0.3 is 0 Å². The predicted octanol–water partition coefficient (Wildman–Crippen LogP) is 6.04. The maximum atomic E-state index is 12.0. The molecule has 0 radical (unpaired) electrons. The largest absolute Gasteiger partial charge is 0.454 e. The smallest absolute Gasteiger partial charge is 0.263 e. The molecule has 2 aromatic carbocycles. The highest BCUT2D eigenvalue weighted by molar-refractivity contribution is 8.26. The second kappa shape index (κ2) is 7.34. The third-order valence-corrected chi connectivity index (χ3v) is 9.43. The van der Waals surface area contributed by atoms with Gasteiger partial charge in [0.15, 0.2) is 11.5 Å². The van der Waals surface area contributed by atoms with E-state index in [-0.39, 0.29) is 11.3 Å². The van der Waals surface area contributed by atoms with Gasteiger partial charge in [-0.1, -0.05) is 48.2 Å². The Balaban J connectivity index is 1.26. The van der Waals surface area contributed by atoms with Crippen LogP contribution in [-0.4, -0.2) is 17.0 Å². The number of thioether (sulfide) groups is 1. The van der Waals surface area contributed by atoms with Gasteiger partial charge in [-0.15, -0.1) is 0 Å². The van der Waals surface area contributed by atoms with E-state index in [0.29, 0.717) is 16.0 Å². The van der Waals surface area contributed by atoms with Crippen LogP contribution in [0.4, 0.5) is 0 Å². The number of amides is 1. The number of hydrogen-bond donors (Lipinski definition) is 1. The summed E-state index contributed by atoms with van der Waals surface area (Å²) in [5.74, 6) is 4.39. The SMILES string of the molecule is O=C1NC(=S)S/C1=C\c1ccc(-c2cc3c(c(C45CC6CC(CC(C6)C4)C5)c2)OCO3)cc1. The van der Waals surface area contributed by atoms with Crippen LogP contribution >= 0.6 is 24.0 Å². The number of fused-ring (bicyclic) bond motifs is 1. The lowest BCUT2D eigenvalue weighted by molar-refractivity contribution is -0.115. The van der Waals surface area contributed by atoms with E-state index in [4.69, 9.17) is 21.7 Å². The molecule has 1 N–H and O–H groups in total. The van der Waals surface area contributed by atoms with Crippen LogP contribution in [0, 0.1) is 17.8 Å². The molecule has 4 nitrogen and oxygen atoms in total. The summed E-state index contributed by atoms with van der Waals surface area (Å²) in [6.07, 6.45) is 10.1. The summed E-state index contributed by atoms with van der Waals surface area (Å²) < 4.78 is 12.5. The Kier molecular flexibility index (Phi) is 4.47. The molecule has 8 rings (SSSR count). The lowest BCUT2D eigenvalue weighted by Gasteiger charge is -2.57. The topological polar surface area (TPSA) is 47.6 Å². The molecule has 33 heavy (non-hydrogen) atoms. The summed E-state index contributed by atoms with van der Waals surface area (Å²) in [5, 5.41) is 2.67. The highest BCUT2D eigenvalue weighted by Crippen LogP contribution is 2.63. The Hall–Kier alpha value is -2.31. The molecule has 2 aromatic rings. The molecule has 168 valence electrons. The highest BCUT2D eigenvalue weighted by Gasteiger charge is 2.53. The van der Waals surface area contributed by atoms with Crippen molar-refractivity contribution in [1.29, 1.82) is 0 Å². The van der Waals surface area contributed by atoms with Crippen molar-refractivity contribution in [3.63, 3.8) is 0 Å². The van der Waals surface area contributed by atoms with Crippen LogP contribution in [0.15, 0.2) is 41.3 Å². The fraction of sp³-hybridized carbons (Fsp3) is 0.407. The second-order valence-electron chi connectivity index (χ2n) is 10.4. The summed E-state index contributed by atoms with van der Waals surface area (Å²) in [4.78, 5) is 12.6. The molecule has 1 saturated heterocycles. The van der Waals surface area contributed by atoms with Crippen molar-refractivity contribution >= 4 is 40.3 Å². The van der Waals surface area contributed by atoms with Crippen molar-refractivity contribution in [2.75, 3.05) is 6.79 Å². The summed E-state index contributed by atoms with van der Waals surface area (Å²) >= 11 is 6.40. The summed E-state index contributed by atoms with van der Waals surface area (Å²) in [6.45, 7) is 0.312. The van der Waals surface area contributed by atoms with Crippen molar-refractivity contribution in [3.05, 3.63) is 52.4 Å². The number of ether oxygens (including phenoxy) is 2. The summed E-state index contributed by atoms with van der Waals surface area (Å²) in [5.41, 5.74) is 4.95. The van der Waals surface area contributed by atoms with Gasteiger partial charge in [-0.2, -0.15) is 0 Å². The normalized spacial score (nSPS) is 32.6. The maximum absolute atomic E-state index is 12.0. The van der Waals surface area contributed by atoms with E-state index in [1.165, 1.54) is 61.4 Å². The summed E-state index contributed by atoms with van der Waals surface area (Å²) in [6, 6.07) is 12.9. The maximum Gasteiger partial charge on any atom is 0.263 e. The van der Waals surface area contributed by atoms with Crippen molar-refractivity contribution in [2.45, 2.75) is 43.9 Å². The van der Waals surface area contributed by atoms with E-state index in [9.17, 15) is 4.79 Å². The highest BCUT2D eigenvalue weighted by atomic mass is 32.2. The van der Waals surface area contributed by atoms with E-state index in [1.54, 1.807) is 0 Å². The third kappa shape index (κ3) is 3.33. The lowest BCUT2D eigenvalue weighted by atomic mass is 9.48. The third-order valence-electron chi connectivity index (χ3n) is 8.27. The van der Waals surface area contributed by atoms with Crippen molar-refractivity contribution in [2.24, 2.45) is 17.8 Å². The summed E-state index contributed by atoms with van der Waals surface area (Å²) in [7, 11) is 0. The van der Waals surface area contributed by atoms with E-state index >= 15 is 0 Å². The number of thiocarbonyl (C=S) groups is 1. The van der Waals surface area contributed by atoms with Gasteiger partial charge in [0.2, 0.25) is 6.79 Å². The van der Waals surface area contributed by atoms with E-state index in [0.717, 1.165) is 40.4 Å². The molecule has 2 heterocycles. The van der Waals surface area contributed by atoms with Crippen LogP contribution in [0.3, 0.4) is 0 Å². The standard InChI is InChI=1S/C27H25NO3S2/c29-25-23(33-26(32)28-25)8-15-1-3-19(4-2-15)20-9-21(24-22(10-20)30-14-31-24)27-11-16-5-17(12-27)7-18(6-16)13-27/h1-4,8-10,16-18H,5-7,11-14H2,(H,28,29,32)/b23-8-. The van der Waals surface area contributed by atoms with E-state index in [2.05, 4.69) is 41.7 Å². The number of benzene rings is 2. The molecule has 2 aliphatic heterocycles. The van der Waals surface area contributed by atoms with Gasteiger partial charge in [-0.25, -0.2) is 0 Å². The number of hydrogen-bond acceptors (Lipinski definition) is 5. The minimum Gasteiger partial charge on any atom is -0.454 e. The van der Waals surface area contributed by atoms with Gasteiger partial charge in [-0.05, 0) is 96.6 Å². The fourth-order valence-electron chi connectivity index (χ4n) is 7.36. The first-order chi connectivity index (χ1) is 16.0. The van der Waals surface area contributed by atoms with Gasteiger partial charge in [0.25, 0.3) is 5.91 Å². The first kappa shape index (κ1) is 20.1. The van der Waals surface area contributed by atoms with Crippen molar-refractivity contribution in [1.82, 2.24) is 5.32 Å². The molecule has 5 fully saturated rings. The minimum atomic E-state index is -0.120. The number of carbonyl (C=O) groups is 1. The lowest BCUT2D eigenvalue weighted by Crippen LogP contribution is -2.48. The molecule has 0 atom stereocenters. The molecule has 0 aromatic heterocycles. The Bertz CT molecular complexity index is 1180. The molecule has 6 heteroatoms. The Labute approximate surface area is 203 Å². The van der Waals surface area contributed by atoms with Crippen LogP contribution in [-0.2, 0) is 10.2 Å². The van der Waals surface area contributed by atoms with Crippen LogP contribution < -0.4 is 14.8 Å². The molecular formula is C27H25NO3S2. The molecule has 4 aliphatic carbocycles. The van der Waals surface area contributed by atoms with Crippen molar-refractivity contribution < 1.29 is 14.3 Å². The molecule has 4 saturated carbocycles. The first-order valence-corrected chi connectivity index (χ1v) is 13.1. The van der Waals surface area contributed by atoms with Gasteiger partial charge in [0.05, 0.1) is 4.91 Å². The van der Waals surface area contributed by atoms with Crippen LogP contribution in [0.25, 0.3) is 17.2 Å². The zero-order valence-corrected chi connectivity index (χ0v) is 19.9. The first-order valence-electron chi connectivity index (χ1n) is 11.8. The zero-order chi connectivity index (χ0) is 22.2. The Morgan fingerprint density at radius 3 is 2.30 bits per heavy atom. The van der Waals surface area contributed by atoms with Gasteiger partial charge in [0, 0.05) is 5.56 Å². The molecule has 1 amide bonds. The minimum absolute atomic E-state index is 0.120. The van der Waals surface area contributed by atoms with Crippen LogP contribution in [0.1, 0.15) is 49.7 Å². The van der Waals surface area contributed by atoms with Crippen LogP contribution in [0.5, 0.6) is 11.5 Å². The van der Waals surface area contributed by atoms with E-state index < -0.39 is 0 Å². The fourth-order valence-corrected chi connectivity index (χ4v) is 8.40. The zero-order valence-electron chi connectivity index (χ0n) is 18.3. The number of rotatable bonds is 3. The van der Waals surface area contributed by atoms with Crippen molar-refractivity contribution in [3.8, 4) is 22.6 Å². The van der Waals surface area contributed by atoms with Gasteiger partial charge in [-0.3, -0.25) is 4.79 Å². The quantitative estimate of drug-likeness (QED) is 0.433. The second-order valence-corrected chi connectivity index (χ2v) is 12.1. The van der Waals surface area contributed by atoms with Crippen LogP contribution in [0.2, 0.25) is 0 Å². The number of nitrogens with one attached hydrogen (secondary N) is 1. The Morgan fingerprint density at radius 2 is 1.67 bits per heavy atom. The molecule has 6 aliphatic rings. The average molecular weight is 476 g/mol. The van der Waals surface area contributed by atoms with Gasteiger partial charge < -0.3 is 14.8 Å². The Morgan fingerprint density at radius 1 is 0.970 bits per heavy atom. The number of carbonyl (C=O) groups excluding carboxylic acids is 1. The van der Waals surface area contributed by atoms with E-state index in [1.807, 2.05) is 6.08 Å². The van der Waals surface area contributed by atoms with Gasteiger partial charge in [0.1, 0.15) is 4.32 Å². The molecule has 0 unspecified atom stereocenters. The molecule has 0 spiro atoms.